The molecule has 2 aromatic heterocycles. The van der Waals surface area contributed by atoms with Gasteiger partial charge < -0.3 is 25.5 Å². The minimum Gasteiger partial charge on any atom is -0.396 e. The molecule has 3 heterocycles. The summed E-state index contributed by atoms with van der Waals surface area (Å²) < 4.78 is 3.56. The van der Waals surface area contributed by atoms with Gasteiger partial charge in [-0.2, -0.15) is 10.2 Å². The Balaban J connectivity index is 1.37. The summed E-state index contributed by atoms with van der Waals surface area (Å²) in [6.45, 7) is 5.86. The summed E-state index contributed by atoms with van der Waals surface area (Å²) in [4.78, 5) is 56.6. The monoisotopic (exact) mass is 634 g/mol. The molecular weight excluding hydrogens is 588 g/mol. The van der Waals surface area contributed by atoms with E-state index in [0.717, 1.165) is 28.6 Å². The van der Waals surface area contributed by atoms with Gasteiger partial charge in [-0.25, -0.2) is 0 Å². The highest BCUT2D eigenvalue weighted by molar-refractivity contribution is 5.94. The normalized spacial score (nSPS) is 18.5. The van der Waals surface area contributed by atoms with Crippen LogP contribution >= 0.6 is 0 Å². The van der Waals surface area contributed by atoms with Crippen molar-refractivity contribution in [3.63, 3.8) is 0 Å². The van der Waals surface area contributed by atoms with Gasteiger partial charge in [0, 0.05) is 74.6 Å². The third-order valence-electron chi connectivity index (χ3n) is 8.72. The Morgan fingerprint density at radius 1 is 1.09 bits per heavy atom. The van der Waals surface area contributed by atoms with E-state index >= 15 is 0 Å². The molecule has 1 aliphatic carbocycles. The fourth-order valence-corrected chi connectivity index (χ4v) is 6.22. The summed E-state index contributed by atoms with van der Waals surface area (Å²) in [6.07, 6.45) is 5.50. The topological polar surface area (TPSA) is 155 Å². The Bertz CT molecular complexity index is 1510. The maximum Gasteiger partial charge on any atom is 0.272 e. The number of nitrogens with zero attached hydrogens (tertiary/aromatic N) is 6. The maximum atomic E-state index is 13.5. The fraction of sp³-hybridized carbons (Fsp3) is 0.576. The third kappa shape index (κ3) is 8.31. The molecule has 0 spiro atoms. The molecule has 1 atom stereocenters. The van der Waals surface area contributed by atoms with Crippen LogP contribution in [0.4, 0.5) is 0 Å². The van der Waals surface area contributed by atoms with Gasteiger partial charge in [0.05, 0.1) is 12.1 Å². The zero-order chi connectivity index (χ0) is 32.6. The molecule has 248 valence electrons. The molecule has 4 amide bonds. The van der Waals surface area contributed by atoms with E-state index in [1.807, 2.05) is 35.1 Å². The molecule has 5 rings (SSSR count). The number of aliphatic hydroxyl groups excluding tert-OH is 1. The number of aromatic nitrogens is 4. The van der Waals surface area contributed by atoms with Gasteiger partial charge in [-0.3, -0.25) is 28.5 Å². The number of hydrogen-bond donors (Lipinski definition) is 3. The molecule has 13 heteroatoms. The van der Waals surface area contributed by atoms with E-state index < -0.39 is 0 Å². The lowest BCUT2D eigenvalue weighted by molar-refractivity contribution is -0.137. The van der Waals surface area contributed by atoms with Crippen LogP contribution in [0.15, 0.2) is 30.5 Å². The van der Waals surface area contributed by atoms with Crippen molar-refractivity contribution in [2.75, 3.05) is 39.3 Å². The molecule has 1 unspecified atom stereocenters. The molecule has 0 fully saturated rings. The summed E-state index contributed by atoms with van der Waals surface area (Å²) in [6, 6.07) is 7.45. The van der Waals surface area contributed by atoms with Crippen molar-refractivity contribution < 1.29 is 24.3 Å². The van der Waals surface area contributed by atoms with Gasteiger partial charge in [0.25, 0.3) is 5.91 Å². The van der Waals surface area contributed by atoms with Crippen LogP contribution in [0.1, 0.15) is 67.7 Å². The number of carbonyl (C=O) groups is 4. The first-order valence-corrected chi connectivity index (χ1v) is 16.5. The first-order valence-electron chi connectivity index (χ1n) is 16.5. The number of amides is 4. The predicted molar refractivity (Wildman–Crippen MR) is 172 cm³/mol. The van der Waals surface area contributed by atoms with Crippen molar-refractivity contribution in [1.29, 1.82) is 0 Å². The summed E-state index contributed by atoms with van der Waals surface area (Å²) in [5.74, 6) is -0.474. The van der Waals surface area contributed by atoms with Crippen LogP contribution in [0, 0.1) is 5.92 Å². The van der Waals surface area contributed by atoms with Crippen LogP contribution in [0.2, 0.25) is 0 Å². The molecule has 0 saturated heterocycles. The first kappa shape index (κ1) is 33.1. The van der Waals surface area contributed by atoms with Crippen LogP contribution in [0.3, 0.4) is 0 Å². The van der Waals surface area contributed by atoms with Crippen LogP contribution < -0.4 is 10.6 Å². The fourth-order valence-electron chi connectivity index (χ4n) is 6.22. The second kappa shape index (κ2) is 15.4. The average molecular weight is 635 g/mol. The number of carbonyl (C=O) groups excluding carboxylic acids is 4. The second-order valence-corrected chi connectivity index (χ2v) is 12.7. The number of aliphatic hydroxyl groups is 1. The van der Waals surface area contributed by atoms with Crippen LogP contribution in [0.25, 0.3) is 10.9 Å². The van der Waals surface area contributed by atoms with E-state index in [9.17, 15) is 24.3 Å². The molecule has 2 aliphatic rings. The number of benzene rings is 1. The quantitative estimate of drug-likeness (QED) is 0.340. The molecule has 13 nitrogen and oxygen atoms in total. The Kier molecular flexibility index (Phi) is 11.1. The standard InChI is InChI=1S/C33H46N8O5/c1-23(2)12-16-41-28-11-10-25-19-26(28)32(37-41)33(46)34-13-17-38(31(45)22-40-20-24-7-3-4-8-27(24)36-40)14-5-9-30(44)39(15-6-18-42)21-29(43)35-25/h3-4,7-8,20,23,25,42H,5-6,9-19,21-22H2,1-2H3,(H,34,46)(H,35,43). The number of rotatable bonds is 8. The molecular formula is C33H46N8O5. The Morgan fingerprint density at radius 3 is 2.70 bits per heavy atom. The van der Waals surface area contributed by atoms with Crippen molar-refractivity contribution in [2.45, 2.75) is 77.9 Å². The van der Waals surface area contributed by atoms with E-state index in [-0.39, 0.29) is 75.4 Å². The average Bonchev–Trinajstić information content (AvgIpc) is 3.61. The summed E-state index contributed by atoms with van der Waals surface area (Å²) >= 11 is 0. The minimum atomic E-state index is -0.299. The van der Waals surface area contributed by atoms with E-state index in [0.29, 0.717) is 56.8 Å². The summed E-state index contributed by atoms with van der Waals surface area (Å²) in [5, 5.41) is 25.7. The molecule has 0 radical (unpaired) electrons. The van der Waals surface area contributed by atoms with Gasteiger partial charge in [0.1, 0.15) is 6.54 Å². The first-order chi connectivity index (χ1) is 22.2. The van der Waals surface area contributed by atoms with E-state index in [2.05, 4.69) is 29.6 Å². The zero-order valence-corrected chi connectivity index (χ0v) is 26.9. The van der Waals surface area contributed by atoms with Gasteiger partial charge in [-0.15, -0.1) is 0 Å². The molecule has 2 bridgehead atoms. The number of hydrogen-bond acceptors (Lipinski definition) is 7. The minimum absolute atomic E-state index is 0.0223. The molecule has 0 saturated carbocycles. The molecule has 1 aliphatic heterocycles. The van der Waals surface area contributed by atoms with Gasteiger partial charge in [-0.1, -0.05) is 32.0 Å². The SMILES string of the molecule is CC(C)CCn1nc2c3c1CCC(C3)NC(=O)CN(CCCO)C(=O)CCCN(C(=O)Cn1cc3ccccc3n1)CCNC2=O. The lowest BCUT2D eigenvalue weighted by atomic mass is 9.91. The van der Waals surface area contributed by atoms with Crippen molar-refractivity contribution in [3.8, 4) is 0 Å². The predicted octanol–water partition coefficient (Wildman–Crippen LogP) is 1.52. The number of aryl methyl sites for hydroxylation is 1. The smallest absolute Gasteiger partial charge is 0.272 e. The summed E-state index contributed by atoms with van der Waals surface area (Å²) in [5.41, 5.74) is 3.02. The van der Waals surface area contributed by atoms with Crippen LogP contribution in [-0.2, 0) is 40.3 Å². The molecule has 3 N–H and O–H groups in total. The Hall–Kier alpha value is -4.26. The third-order valence-corrected chi connectivity index (χ3v) is 8.72. The van der Waals surface area contributed by atoms with Gasteiger partial charge in [0.15, 0.2) is 5.69 Å². The molecule has 3 aromatic rings. The highest BCUT2D eigenvalue weighted by atomic mass is 16.3. The lowest BCUT2D eigenvalue weighted by Gasteiger charge is -2.27. The Labute approximate surface area is 269 Å². The number of nitrogens with one attached hydrogen (secondary N) is 2. The van der Waals surface area contributed by atoms with Gasteiger partial charge in [-0.05, 0) is 50.5 Å². The van der Waals surface area contributed by atoms with Gasteiger partial charge >= 0.3 is 0 Å². The van der Waals surface area contributed by atoms with E-state index in [1.165, 1.54) is 4.90 Å². The Morgan fingerprint density at radius 2 is 1.91 bits per heavy atom. The second-order valence-electron chi connectivity index (χ2n) is 12.7. The van der Waals surface area contributed by atoms with E-state index in [1.54, 1.807) is 9.58 Å². The van der Waals surface area contributed by atoms with Crippen molar-refractivity contribution in [2.24, 2.45) is 5.92 Å². The van der Waals surface area contributed by atoms with Gasteiger partial charge in [0.2, 0.25) is 17.7 Å². The lowest BCUT2D eigenvalue weighted by Crippen LogP contribution is -2.46. The highest BCUT2D eigenvalue weighted by Crippen LogP contribution is 2.26. The highest BCUT2D eigenvalue weighted by Gasteiger charge is 2.31. The maximum absolute atomic E-state index is 13.5. The van der Waals surface area contributed by atoms with E-state index in [4.69, 9.17) is 5.10 Å². The largest absolute Gasteiger partial charge is 0.396 e. The van der Waals surface area contributed by atoms with Crippen molar-refractivity contribution in [1.82, 2.24) is 40.0 Å². The number of fused-ring (bicyclic) bond motifs is 2. The van der Waals surface area contributed by atoms with Crippen molar-refractivity contribution >= 4 is 34.5 Å². The molecule has 1 aromatic carbocycles. The van der Waals surface area contributed by atoms with Crippen molar-refractivity contribution in [3.05, 3.63) is 47.4 Å². The summed E-state index contributed by atoms with van der Waals surface area (Å²) in [7, 11) is 0. The molecule has 46 heavy (non-hydrogen) atoms. The zero-order valence-electron chi connectivity index (χ0n) is 26.9. The van der Waals surface area contributed by atoms with Crippen LogP contribution in [0.5, 0.6) is 0 Å². The van der Waals surface area contributed by atoms with Crippen LogP contribution in [-0.4, -0.2) is 103 Å².